The van der Waals surface area contributed by atoms with Crippen LogP contribution in [0, 0.1) is 11.8 Å². The first-order valence-electron chi connectivity index (χ1n) is 13.1. The van der Waals surface area contributed by atoms with E-state index in [1.807, 2.05) is 48.5 Å². The van der Waals surface area contributed by atoms with Gasteiger partial charge in [0.2, 0.25) is 17.7 Å². The molecule has 0 spiro atoms. The highest BCUT2D eigenvalue weighted by atomic mass is 35.5. The van der Waals surface area contributed by atoms with Gasteiger partial charge in [0, 0.05) is 10.7 Å². The number of hydrogen-bond acceptors (Lipinski definition) is 4. The molecule has 2 atom stereocenters. The van der Waals surface area contributed by atoms with Gasteiger partial charge in [0.25, 0.3) is 0 Å². The summed E-state index contributed by atoms with van der Waals surface area (Å²) in [6.07, 6.45) is 0. The molecule has 1 aliphatic heterocycles. The van der Waals surface area contributed by atoms with Gasteiger partial charge in [0.1, 0.15) is 27.8 Å². The lowest BCUT2D eigenvalue weighted by atomic mass is 9.54. The van der Waals surface area contributed by atoms with Gasteiger partial charge in [-0.3, -0.25) is 19.3 Å². The number of alkyl halides is 2. The quantitative estimate of drug-likeness (QED) is 0.184. The van der Waals surface area contributed by atoms with Crippen LogP contribution >= 0.6 is 46.4 Å². The highest BCUT2D eigenvalue weighted by molar-refractivity contribution is 6.36. The number of rotatable bonds is 5. The summed E-state index contributed by atoms with van der Waals surface area (Å²) in [7, 11) is 0. The minimum atomic E-state index is -1.30. The summed E-state index contributed by atoms with van der Waals surface area (Å²) < 4.78 is 5.79. The summed E-state index contributed by atoms with van der Waals surface area (Å²) in [6.45, 7) is -0.476. The molecule has 1 saturated heterocycles. The van der Waals surface area contributed by atoms with Crippen molar-refractivity contribution in [2.24, 2.45) is 11.8 Å². The molecular weight excluding hydrogens is 618 g/mol. The van der Waals surface area contributed by atoms with Crippen LogP contribution in [-0.4, -0.2) is 29.2 Å². The maximum atomic E-state index is 13.9. The van der Waals surface area contributed by atoms with Crippen molar-refractivity contribution < 1.29 is 19.1 Å². The minimum absolute atomic E-state index is 0.359. The van der Waals surface area contributed by atoms with Crippen LogP contribution in [0.25, 0.3) is 0 Å². The molecule has 2 bridgehead atoms. The Morgan fingerprint density at radius 2 is 1.26 bits per heavy atom. The number of amides is 3. The van der Waals surface area contributed by atoms with Crippen molar-refractivity contribution in [3.63, 3.8) is 0 Å². The maximum absolute atomic E-state index is 13.9. The fraction of sp³-hybridized carbons (Fsp3) is 0.156. The second kappa shape index (κ2) is 9.75. The number of nitrogens with one attached hydrogen (secondary N) is 1. The molecule has 3 aliphatic carbocycles. The first kappa shape index (κ1) is 27.3. The van der Waals surface area contributed by atoms with E-state index in [1.165, 1.54) is 0 Å². The third-order valence-corrected chi connectivity index (χ3v) is 10.1. The number of carbonyl (C=O) groups is 3. The second-order valence-corrected chi connectivity index (χ2v) is 12.5. The van der Waals surface area contributed by atoms with Crippen LogP contribution in [-0.2, 0) is 24.1 Å². The lowest BCUT2D eigenvalue weighted by Gasteiger charge is -2.54. The number of carbonyl (C=O) groups excluding carboxylic acids is 3. The summed E-state index contributed by atoms with van der Waals surface area (Å²) >= 11 is 27.0. The van der Waals surface area contributed by atoms with E-state index in [0.717, 1.165) is 4.90 Å². The summed E-state index contributed by atoms with van der Waals surface area (Å²) in [5, 5.41) is 3.59. The van der Waals surface area contributed by atoms with Gasteiger partial charge < -0.3 is 10.1 Å². The van der Waals surface area contributed by atoms with Crippen LogP contribution in [0.15, 0.2) is 91.0 Å². The number of nitrogens with zero attached hydrogens (tertiary/aromatic N) is 1. The van der Waals surface area contributed by atoms with Crippen molar-refractivity contribution in [2.45, 2.75) is 9.75 Å². The number of likely N-dealkylation sites (tertiary alicyclic amines) is 1. The summed E-state index contributed by atoms with van der Waals surface area (Å²) in [5.74, 6) is -2.59. The standard InChI is InChI=1S/C32H20Cl4N2O4/c33-17-9-14-25(24(34)15-17)42-19-12-10-18(11-13-19)37-26(39)16-38-29(40)27-28(30(38)41)32(36)21-6-2-1-5-20(21)31(27,35)22-7-3-4-8-23(22)32/h1-15,27-28H,16H2,(H,37,39)/t27-,28+,31?,32?. The van der Waals surface area contributed by atoms with Crippen molar-refractivity contribution in [1.82, 2.24) is 4.90 Å². The zero-order valence-corrected chi connectivity index (χ0v) is 24.6. The van der Waals surface area contributed by atoms with Gasteiger partial charge in [-0.05, 0) is 64.7 Å². The van der Waals surface area contributed by atoms with E-state index in [2.05, 4.69) is 5.32 Å². The smallest absolute Gasteiger partial charge is 0.244 e. The first-order valence-corrected chi connectivity index (χ1v) is 14.6. The number of imide groups is 1. The van der Waals surface area contributed by atoms with E-state index >= 15 is 0 Å². The van der Waals surface area contributed by atoms with E-state index in [-0.39, 0.29) is 0 Å². The predicted molar refractivity (Wildman–Crippen MR) is 161 cm³/mol. The summed E-state index contributed by atoms with van der Waals surface area (Å²) in [4.78, 5) is 39.3. The average molecular weight is 638 g/mol. The van der Waals surface area contributed by atoms with Crippen molar-refractivity contribution in [2.75, 3.05) is 11.9 Å². The molecule has 0 saturated carbocycles. The van der Waals surface area contributed by atoms with Crippen LogP contribution in [0.1, 0.15) is 22.3 Å². The van der Waals surface area contributed by atoms with Gasteiger partial charge in [0.15, 0.2) is 0 Å². The average Bonchev–Trinajstić information content (AvgIpc) is 3.24. The zero-order chi connectivity index (χ0) is 29.4. The van der Waals surface area contributed by atoms with E-state index in [1.54, 1.807) is 42.5 Å². The van der Waals surface area contributed by atoms with Crippen LogP contribution in [0.3, 0.4) is 0 Å². The lowest BCUT2D eigenvalue weighted by Crippen LogP contribution is -2.57. The normalized spacial score (nSPS) is 25.1. The SMILES string of the molecule is O=C(CN1C(=O)[C@@H]2[C@H](C1=O)C1(Cl)c3ccccc3C2(Cl)c2ccccc21)Nc1ccc(Oc2ccc(Cl)cc2Cl)cc1. The van der Waals surface area contributed by atoms with Gasteiger partial charge in [-0.1, -0.05) is 71.7 Å². The number of benzene rings is 4. The van der Waals surface area contributed by atoms with Crippen molar-refractivity contribution >= 4 is 69.8 Å². The van der Waals surface area contributed by atoms with Crippen LogP contribution in [0.5, 0.6) is 11.5 Å². The number of anilines is 1. The molecule has 8 rings (SSSR count). The van der Waals surface area contributed by atoms with Gasteiger partial charge in [-0.2, -0.15) is 0 Å². The Bertz CT molecular complexity index is 1690. The molecule has 1 N–H and O–H groups in total. The van der Waals surface area contributed by atoms with Gasteiger partial charge in [-0.15, -0.1) is 23.2 Å². The fourth-order valence-electron chi connectivity index (χ4n) is 6.52. The number of hydrogen-bond donors (Lipinski definition) is 1. The Hall–Kier alpha value is -3.55. The molecule has 210 valence electrons. The Morgan fingerprint density at radius 1 is 0.762 bits per heavy atom. The van der Waals surface area contributed by atoms with Crippen molar-refractivity contribution in [1.29, 1.82) is 0 Å². The van der Waals surface area contributed by atoms with Crippen molar-refractivity contribution in [3.8, 4) is 11.5 Å². The molecule has 4 aromatic rings. The summed E-state index contributed by atoms with van der Waals surface area (Å²) in [5.41, 5.74) is 3.27. The Morgan fingerprint density at radius 3 is 1.74 bits per heavy atom. The molecule has 1 fully saturated rings. The molecule has 6 nitrogen and oxygen atoms in total. The van der Waals surface area contributed by atoms with Gasteiger partial charge >= 0.3 is 0 Å². The highest BCUT2D eigenvalue weighted by Gasteiger charge is 2.73. The molecule has 0 unspecified atom stereocenters. The molecule has 4 aliphatic rings. The Kier molecular flexibility index (Phi) is 6.33. The van der Waals surface area contributed by atoms with E-state index in [4.69, 9.17) is 51.1 Å². The third-order valence-electron chi connectivity index (χ3n) is 8.24. The van der Waals surface area contributed by atoms with E-state index < -0.39 is 45.9 Å². The van der Waals surface area contributed by atoms with Crippen molar-refractivity contribution in [3.05, 3.63) is 123 Å². The fourth-order valence-corrected chi connectivity index (χ4v) is 8.06. The number of halogens is 4. The van der Waals surface area contributed by atoms with E-state index in [9.17, 15) is 14.4 Å². The molecule has 4 aromatic carbocycles. The molecule has 42 heavy (non-hydrogen) atoms. The molecule has 10 heteroatoms. The van der Waals surface area contributed by atoms with E-state index in [0.29, 0.717) is 49.5 Å². The second-order valence-electron chi connectivity index (χ2n) is 10.5. The van der Waals surface area contributed by atoms with Crippen LogP contribution < -0.4 is 10.1 Å². The van der Waals surface area contributed by atoms with Gasteiger partial charge in [-0.25, -0.2) is 0 Å². The monoisotopic (exact) mass is 636 g/mol. The largest absolute Gasteiger partial charge is 0.456 e. The zero-order valence-electron chi connectivity index (χ0n) is 21.6. The Labute approximate surface area is 261 Å². The maximum Gasteiger partial charge on any atom is 0.244 e. The minimum Gasteiger partial charge on any atom is -0.456 e. The lowest BCUT2D eigenvalue weighted by molar-refractivity contribution is -0.142. The molecule has 1 heterocycles. The molecule has 3 amide bonds. The molecule has 0 radical (unpaired) electrons. The van der Waals surface area contributed by atoms with Gasteiger partial charge in [0.05, 0.1) is 16.9 Å². The highest BCUT2D eigenvalue weighted by Crippen LogP contribution is 2.69. The summed E-state index contributed by atoms with van der Waals surface area (Å²) in [6, 6.07) is 26.3. The molecule has 0 aromatic heterocycles. The van der Waals surface area contributed by atoms with Crippen LogP contribution in [0.2, 0.25) is 10.0 Å². The number of ether oxygens (including phenoxy) is 1. The Balaban J connectivity index is 1.13. The van der Waals surface area contributed by atoms with Crippen LogP contribution in [0.4, 0.5) is 5.69 Å². The predicted octanol–water partition coefficient (Wildman–Crippen LogP) is 7.32. The first-order chi connectivity index (χ1) is 20.1. The third kappa shape index (κ3) is 3.82. The topological polar surface area (TPSA) is 75.7 Å². The molecular formula is C32H20Cl4N2O4.